The second kappa shape index (κ2) is 8.43. The number of nitro benzene ring substituents is 1. The molecule has 0 fully saturated rings. The SMILES string of the molecule is COc1cc(NS(C)(=O)=O)ccc1Nc1c2ccccc2nc2ccc(OC)c([N+](=O)[O-])c12. The zero-order valence-corrected chi connectivity index (χ0v) is 18.8. The summed E-state index contributed by atoms with van der Waals surface area (Å²) in [5.74, 6) is 0.440. The number of pyridine rings is 1. The lowest BCUT2D eigenvalue weighted by Crippen LogP contribution is -2.09. The predicted octanol–water partition coefficient (Wildman–Crippen LogP) is 4.43. The van der Waals surface area contributed by atoms with Crippen molar-refractivity contribution in [1.82, 2.24) is 4.98 Å². The fourth-order valence-corrected chi connectivity index (χ4v) is 4.19. The first-order valence-corrected chi connectivity index (χ1v) is 11.6. The minimum atomic E-state index is -3.48. The third-order valence-electron chi connectivity index (χ3n) is 4.95. The highest BCUT2D eigenvalue weighted by Gasteiger charge is 2.25. The lowest BCUT2D eigenvalue weighted by molar-refractivity contribution is -0.383. The first kappa shape index (κ1) is 22.1. The van der Waals surface area contributed by atoms with Crippen LogP contribution in [-0.2, 0) is 10.0 Å². The summed E-state index contributed by atoms with van der Waals surface area (Å²) in [6.07, 6.45) is 1.05. The third-order valence-corrected chi connectivity index (χ3v) is 5.56. The molecule has 4 aromatic rings. The van der Waals surface area contributed by atoms with E-state index in [1.807, 2.05) is 18.2 Å². The Morgan fingerprint density at radius 1 is 0.970 bits per heavy atom. The van der Waals surface area contributed by atoms with Gasteiger partial charge in [0, 0.05) is 11.5 Å². The molecule has 10 nitrogen and oxygen atoms in total. The molecule has 0 amide bonds. The van der Waals surface area contributed by atoms with E-state index >= 15 is 0 Å². The van der Waals surface area contributed by atoms with Gasteiger partial charge in [0.15, 0.2) is 5.75 Å². The van der Waals surface area contributed by atoms with Crippen molar-refractivity contribution in [3.8, 4) is 11.5 Å². The molecular formula is C22H20N4O6S. The Labute approximate surface area is 189 Å². The van der Waals surface area contributed by atoms with E-state index in [1.54, 1.807) is 24.3 Å². The molecule has 4 rings (SSSR count). The molecule has 0 aliphatic carbocycles. The van der Waals surface area contributed by atoms with Crippen LogP contribution in [0.5, 0.6) is 11.5 Å². The summed E-state index contributed by atoms with van der Waals surface area (Å²) >= 11 is 0. The second-order valence-electron chi connectivity index (χ2n) is 7.19. The summed E-state index contributed by atoms with van der Waals surface area (Å²) in [6.45, 7) is 0. The molecule has 0 spiro atoms. The minimum absolute atomic E-state index is 0.104. The number of nitrogens with one attached hydrogen (secondary N) is 2. The largest absolute Gasteiger partial charge is 0.494 e. The molecule has 0 unspecified atom stereocenters. The molecule has 0 saturated carbocycles. The monoisotopic (exact) mass is 468 g/mol. The molecule has 0 radical (unpaired) electrons. The van der Waals surface area contributed by atoms with Crippen LogP contribution in [0.4, 0.5) is 22.7 Å². The molecular weight excluding hydrogens is 448 g/mol. The Morgan fingerprint density at radius 2 is 1.70 bits per heavy atom. The molecule has 33 heavy (non-hydrogen) atoms. The smallest absolute Gasteiger partial charge is 0.322 e. The van der Waals surface area contributed by atoms with Crippen molar-refractivity contribution in [2.45, 2.75) is 0 Å². The van der Waals surface area contributed by atoms with Gasteiger partial charge < -0.3 is 14.8 Å². The number of anilines is 3. The predicted molar refractivity (Wildman–Crippen MR) is 127 cm³/mol. The van der Waals surface area contributed by atoms with E-state index in [-0.39, 0.29) is 16.8 Å². The molecule has 3 aromatic carbocycles. The van der Waals surface area contributed by atoms with Gasteiger partial charge in [-0.15, -0.1) is 0 Å². The van der Waals surface area contributed by atoms with E-state index in [4.69, 9.17) is 9.47 Å². The summed E-state index contributed by atoms with van der Waals surface area (Å²) < 4.78 is 36.3. The summed E-state index contributed by atoms with van der Waals surface area (Å²) in [4.78, 5) is 16.1. The molecule has 2 N–H and O–H groups in total. The molecule has 11 heteroatoms. The van der Waals surface area contributed by atoms with Crippen LogP contribution in [0.1, 0.15) is 0 Å². The Bertz CT molecular complexity index is 1500. The normalized spacial score (nSPS) is 11.4. The zero-order chi connectivity index (χ0) is 23.8. The van der Waals surface area contributed by atoms with E-state index in [2.05, 4.69) is 15.0 Å². The van der Waals surface area contributed by atoms with Crippen LogP contribution in [0.2, 0.25) is 0 Å². The lowest BCUT2D eigenvalue weighted by Gasteiger charge is -2.17. The fraction of sp³-hybridized carbons (Fsp3) is 0.136. The number of aromatic nitrogens is 1. The molecule has 0 aliphatic rings. The van der Waals surface area contributed by atoms with Crippen LogP contribution >= 0.6 is 0 Å². The van der Waals surface area contributed by atoms with Gasteiger partial charge in [-0.1, -0.05) is 18.2 Å². The number of hydrogen-bond acceptors (Lipinski definition) is 8. The number of rotatable bonds is 7. The van der Waals surface area contributed by atoms with Crippen molar-refractivity contribution < 1.29 is 22.8 Å². The van der Waals surface area contributed by atoms with Gasteiger partial charge in [0.25, 0.3) is 0 Å². The third kappa shape index (κ3) is 4.30. The number of nitrogens with zero attached hydrogens (tertiary/aromatic N) is 2. The van der Waals surface area contributed by atoms with Crippen molar-refractivity contribution in [3.63, 3.8) is 0 Å². The van der Waals surface area contributed by atoms with Crippen molar-refractivity contribution in [2.75, 3.05) is 30.5 Å². The summed E-state index contributed by atoms with van der Waals surface area (Å²) in [5.41, 5.74) is 2.08. The maximum Gasteiger partial charge on any atom is 0.322 e. The molecule has 1 heterocycles. The van der Waals surface area contributed by atoms with Gasteiger partial charge in [-0.05, 0) is 30.3 Å². The first-order chi connectivity index (χ1) is 15.7. The van der Waals surface area contributed by atoms with Gasteiger partial charge in [0.2, 0.25) is 10.0 Å². The number of para-hydroxylation sites is 1. The Morgan fingerprint density at radius 3 is 2.36 bits per heavy atom. The molecule has 0 atom stereocenters. The molecule has 0 aliphatic heterocycles. The highest BCUT2D eigenvalue weighted by atomic mass is 32.2. The van der Waals surface area contributed by atoms with Crippen molar-refractivity contribution in [1.29, 1.82) is 0 Å². The molecule has 170 valence electrons. The van der Waals surface area contributed by atoms with E-state index in [0.717, 1.165) is 6.26 Å². The fourth-order valence-electron chi connectivity index (χ4n) is 3.63. The Balaban J connectivity index is 1.99. The average molecular weight is 468 g/mol. The van der Waals surface area contributed by atoms with E-state index in [9.17, 15) is 18.5 Å². The number of fused-ring (bicyclic) bond motifs is 2. The first-order valence-electron chi connectivity index (χ1n) is 9.68. The number of hydrogen-bond donors (Lipinski definition) is 2. The van der Waals surface area contributed by atoms with E-state index < -0.39 is 14.9 Å². The van der Waals surface area contributed by atoms with Gasteiger partial charge in [-0.25, -0.2) is 13.4 Å². The van der Waals surface area contributed by atoms with Gasteiger partial charge >= 0.3 is 5.69 Å². The van der Waals surface area contributed by atoms with Crippen molar-refractivity contribution >= 4 is 54.6 Å². The van der Waals surface area contributed by atoms with E-state index in [1.165, 1.54) is 26.4 Å². The summed E-state index contributed by atoms with van der Waals surface area (Å²) in [6, 6.07) is 15.1. The van der Waals surface area contributed by atoms with Gasteiger partial charge in [0.05, 0.1) is 53.5 Å². The second-order valence-corrected chi connectivity index (χ2v) is 8.93. The highest BCUT2D eigenvalue weighted by Crippen LogP contribution is 2.44. The molecule has 0 bridgehead atoms. The lowest BCUT2D eigenvalue weighted by atomic mass is 10.0. The van der Waals surface area contributed by atoms with E-state index in [0.29, 0.717) is 39.2 Å². The van der Waals surface area contributed by atoms with Crippen LogP contribution < -0.4 is 19.5 Å². The maximum absolute atomic E-state index is 12.0. The Hall–Kier alpha value is -4.12. The average Bonchev–Trinajstić information content (AvgIpc) is 2.77. The van der Waals surface area contributed by atoms with Crippen LogP contribution in [0.25, 0.3) is 21.8 Å². The van der Waals surface area contributed by atoms with Gasteiger partial charge in [0.1, 0.15) is 11.1 Å². The van der Waals surface area contributed by atoms with Gasteiger partial charge in [-0.2, -0.15) is 0 Å². The number of benzene rings is 3. The van der Waals surface area contributed by atoms with Crippen LogP contribution in [0.15, 0.2) is 54.6 Å². The standard InChI is InChI=1S/C22H20N4O6S/c1-31-18-11-10-17-20(22(18)26(27)28)21(14-6-4-5-7-15(14)23-17)24-16-9-8-13(12-19(16)32-2)25-33(3,29)30/h4-12,25H,1-3H3,(H,23,24). The van der Waals surface area contributed by atoms with Gasteiger partial charge in [-0.3, -0.25) is 14.8 Å². The number of methoxy groups -OCH3 is 2. The van der Waals surface area contributed by atoms with Crippen LogP contribution in [0.3, 0.4) is 0 Å². The minimum Gasteiger partial charge on any atom is -0.494 e. The summed E-state index contributed by atoms with van der Waals surface area (Å²) in [5, 5.41) is 16.2. The molecule has 0 saturated heterocycles. The highest BCUT2D eigenvalue weighted by molar-refractivity contribution is 7.92. The van der Waals surface area contributed by atoms with Crippen molar-refractivity contribution in [3.05, 3.63) is 64.7 Å². The topological polar surface area (TPSA) is 133 Å². The van der Waals surface area contributed by atoms with Crippen molar-refractivity contribution in [2.24, 2.45) is 0 Å². The number of sulfonamides is 1. The van der Waals surface area contributed by atoms with Crippen LogP contribution in [-0.4, -0.2) is 38.8 Å². The number of nitro groups is 1. The maximum atomic E-state index is 12.0. The summed E-state index contributed by atoms with van der Waals surface area (Å²) in [7, 11) is -0.667. The Kier molecular flexibility index (Phi) is 5.64. The number of ether oxygens (including phenoxy) is 2. The molecule has 1 aromatic heterocycles. The van der Waals surface area contributed by atoms with Crippen LogP contribution in [0, 0.1) is 10.1 Å². The quantitative estimate of drug-likeness (QED) is 0.231. The zero-order valence-electron chi connectivity index (χ0n) is 17.9.